The van der Waals surface area contributed by atoms with E-state index in [0.717, 1.165) is 18.2 Å². The standard InChI is InChI=1S/C18H11F9N2/c1-28-15-7-6-12(8-14(15)18(25,26)27)29(10-16(19,20)21)9-11-4-2-3-5-13(11)17(22,23)24/h2-8H,9-10H2. The summed E-state index contributed by atoms with van der Waals surface area (Å²) < 4.78 is 118. The minimum Gasteiger partial charge on any atom is -0.358 e. The van der Waals surface area contributed by atoms with Crippen molar-refractivity contribution in [3.63, 3.8) is 0 Å². The lowest BCUT2D eigenvalue weighted by Crippen LogP contribution is -2.34. The summed E-state index contributed by atoms with van der Waals surface area (Å²) in [7, 11) is 0. The number of hydrogen-bond acceptors (Lipinski definition) is 1. The van der Waals surface area contributed by atoms with E-state index in [1.54, 1.807) is 0 Å². The fourth-order valence-electron chi connectivity index (χ4n) is 2.64. The van der Waals surface area contributed by atoms with Crippen LogP contribution in [0, 0.1) is 6.57 Å². The van der Waals surface area contributed by atoms with Gasteiger partial charge in [-0.3, -0.25) is 0 Å². The normalized spacial score (nSPS) is 12.6. The molecule has 11 heteroatoms. The van der Waals surface area contributed by atoms with Crippen LogP contribution >= 0.6 is 0 Å². The lowest BCUT2D eigenvalue weighted by atomic mass is 10.1. The first kappa shape index (κ1) is 22.4. The summed E-state index contributed by atoms with van der Waals surface area (Å²) >= 11 is 0. The maximum atomic E-state index is 13.1. The smallest absolute Gasteiger partial charge is 0.358 e. The molecule has 2 aromatic rings. The van der Waals surface area contributed by atoms with Gasteiger partial charge in [-0.2, -0.15) is 39.5 Å². The Morgan fingerprint density at radius 2 is 1.38 bits per heavy atom. The van der Waals surface area contributed by atoms with Gasteiger partial charge in [0.25, 0.3) is 0 Å². The van der Waals surface area contributed by atoms with Crippen LogP contribution < -0.4 is 4.90 Å². The van der Waals surface area contributed by atoms with Crippen molar-refractivity contribution in [2.75, 3.05) is 11.4 Å². The van der Waals surface area contributed by atoms with Gasteiger partial charge in [0.05, 0.1) is 17.7 Å². The van der Waals surface area contributed by atoms with Gasteiger partial charge in [-0.05, 0) is 23.8 Å². The molecule has 0 amide bonds. The highest BCUT2D eigenvalue weighted by Crippen LogP contribution is 2.40. The van der Waals surface area contributed by atoms with Gasteiger partial charge in [0.15, 0.2) is 5.69 Å². The van der Waals surface area contributed by atoms with Gasteiger partial charge in [0.1, 0.15) is 6.54 Å². The summed E-state index contributed by atoms with van der Waals surface area (Å²) in [4.78, 5) is 3.04. The van der Waals surface area contributed by atoms with Crippen molar-refractivity contribution in [1.82, 2.24) is 0 Å². The third kappa shape index (κ3) is 5.79. The van der Waals surface area contributed by atoms with Crippen molar-refractivity contribution in [3.05, 3.63) is 70.6 Å². The molecule has 29 heavy (non-hydrogen) atoms. The summed E-state index contributed by atoms with van der Waals surface area (Å²) in [6, 6.07) is 5.70. The highest BCUT2D eigenvalue weighted by atomic mass is 19.4. The van der Waals surface area contributed by atoms with E-state index in [4.69, 9.17) is 6.57 Å². The molecule has 0 N–H and O–H groups in total. The summed E-state index contributed by atoms with van der Waals surface area (Å²) in [6.07, 6.45) is -14.8. The Morgan fingerprint density at radius 3 is 1.90 bits per heavy atom. The zero-order valence-electron chi connectivity index (χ0n) is 14.3. The Bertz CT molecular complexity index is 905. The topological polar surface area (TPSA) is 7.60 Å². The number of hydrogen-bond donors (Lipinski definition) is 0. The van der Waals surface area contributed by atoms with E-state index in [-0.39, 0.29) is 0 Å². The lowest BCUT2D eigenvalue weighted by molar-refractivity contribution is -0.138. The second-order valence-corrected chi connectivity index (χ2v) is 5.94. The molecule has 156 valence electrons. The second-order valence-electron chi connectivity index (χ2n) is 5.94. The van der Waals surface area contributed by atoms with Crippen LogP contribution in [0.4, 0.5) is 50.9 Å². The minimum atomic E-state index is -5.02. The average molecular weight is 426 g/mol. The molecule has 0 aromatic heterocycles. The van der Waals surface area contributed by atoms with Crippen LogP contribution in [0.1, 0.15) is 16.7 Å². The van der Waals surface area contributed by atoms with Gasteiger partial charge in [-0.15, -0.1) is 0 Å². The summed E-state index contributed by atoms with van der Waals surface area (Å²) in [6.45, 7) is 4.04. The van der Waals surface area contributed by atoms with Gasteiger partial charge < -0.3 is 4.90 Å². The van der Waals surface area contributed by atoms with Gasteiger partial charge in [-0.25, -0.2) is 4.85 Å². The second kappa shape index (κ2) is 7.85. The number of anilines is 1. The first-order valence-corrected chi connectivity index (χ1v) is 7.78. The zero-order chi connectivity index (χ0) is 22.0. The highest BCUT2D eigenvalue weighted by molar-refractivity contribution is 5.62. The van der Waals surface area contributed by atoms with E-state index in [1.165, 1.54) is 6.07 Å². The van der Waals surface area contributed by atoms with E-state index < -0.39 is 59.7 Å². The Morgan fingerprint density at radius 1 is 0.793 bits per heavy atom. The Hall–Kier alpha value is -2.90. The van der Waals surface area contributed by atoms with Crippen LogP contribution in [0.25, 0.3) is 4.85 Å². The average Bonchev–Trinajstić information content (AvgIpc) is 2.58. The molecule has 2 rings (SSSR count). The fraction of sp³-hybridized carbons (Fsp3) is 0.278. The molecular weight excluding hydrogens is 415 g/mol. The third-order valence-electron chi connectivity index (χ3n) is 3.83. The number of benzene rings is 2. The number of halogens is 9. The van der Waals surface area contributed by atoms with Crippen LogP contribution in [0.3, 0.4) is 0 Å². The zero-order valence-corrected chi connectivity index (χ0v) is 14.3. The first-order valence-electron chi connectivity index (χ1n) is 7.78. The van der Waals surface area contributed by atoms with Gasteiger partial charge in [0, 0.05) is 12.2 Å². The molecule has 0 aliphatic heterocycles. The molecule has 0 spiro atoms. The lowest BCUT2D eigenvalue weighted by Gasteiger charge is -2.28. The molecule has 0 radical (unpaired) electrons. The van der Waals surface area contributed by atoms with Crippen LogP contribution in [0.15, 0.2) is 42.5 Å². The monoisotopic (exact) mass is 426 g/mol. The summed E-state index contributed by atoms with van der Waals surface area (Å²) in [5, 5.41) is 0. The van der Waals surface area contributed by atoms with E-state index in [1.807, 2.05) is 0 Å². The predicted octanol–water partition coefficient (Wildman–Crippen LogP) is 6.84. The van der Waals surface area contributed by atoms with E-state index in [0.29, 0.717) is 23.1 Å². The predicted molar refractivity (Wildman–Crippen MR) is 86.3 cm³/mol. The van der Waals surface area contributed by atoms with Crippen molar-refractivity contribution in [3.8, 4) is 0 Å². The molecule has 0 saturated carbocycles. The molecular formula is C18H11F9N2. The Kier molecular flexibility index (Phi) is 6.06. The van der Waals surface area contributed by atoms with Crippen molar-refractivity contribution in [1.29, 1.82) is 0 Å². The molecule has 0 aliphatic rings. The van der Waals surface area contributed by atoms with Crippen LogP contribution in [0.2, 0.25) is 0 Å². The SMILES string of the molecule is [C-]#[N+]c1ccc(N(Cc2ccccc2C(F)(F)F)CC(F)(F)F)cc1C(F)(F)F. The van der Waals surface area contributed by atoms with E-state index in [9.17, 15) is 39.5 Å². The van der Waals surface area contributed by atoms with E-state index in [2.05, 4.69) is 4.85 Å². The molecule has 0 heterocycles. The maximum absolute atomic E-state index is 13.1. The first-order chi connectivity index (χ1) is 13.2. The number of alkyl halides is 9. The number of rotatable bonds is 4. The molecule has 2 nitrogen and oxygen atoms in total. The van der Waals surface area contributed by atoms with Crippen LogP contribution in [-0.4, -0.2) is 12.7 Å². The molecule has 0 bridgehead atoms. The molecule has 0 aliphatic carbocycles. The minimum absolute atomic E-state index is 0.329. The molecule has 0 atom stereocenters. The largest absolute Gasteiger partial charge is 0.416 e. The quantitative estimate of drug-likeness (QED) is 0.384. The summed E-state index contributed by atoms with van der Waals surface area (Å²) in [5.41, 5.74) is -4.64. The van der Waals surface area contributed by atoms with Gasteiger partial charge in [-0.1, -0.05) is 24.3 Å². The third-order valence-corrected chi connectivity index (χ3v) is 3.83. The van der Waals surface area contributed by atoms with Crippen molar-refractivity contribution >= 4 is 11.4 Å². The maximum Gasteiger partial charge on any atom is 0.416 e. The van der Waals surface area contributed by atoms with Crippen molar-refractivity contribution in [2.45, 2.75) is 25.1 Å². The van der Waals surface area contributed by atoms with Crippen molar-refractivity contribution < 1.29 is 39.5 Å². The van der Waals surface area contributed by atoms with Crippen LogP contribution in [-0.2, 0) is 18.9 Å². The number of nitrogens with zero attached hydrogens (tertiary/aromatic N) is 2. The molecule has 0 unspecified atom stereocenters. The molecule has 0 saturated heterocycles. The molecule has 0 fully saturated rings. The van der Waals surface area contributed by atoms with Crippen molar-refractivity contribution in [2.24, 2.45) is 0 Å². The Balaban J connectivity index is 2.56. The van der Waals surface area contributed by atoms with Gasteiger partial charge >= 0.3 is 18.5 Å². The van der Waals surface area contributed by atoms with E-state index >= 15 is 0 Å². The summed E-state index contributed by atoms with van der Waals surface area (Å²) in [5.74, 6) is 0. The van der Waals surface area contributed by atoms with Gasteiger partial charge in [0.2, 0.25) is 0 Å². The fourth-order valence-corrected chi connectivity index (χ4v) is 2.64. The highest BCUT2D eigenvalue weighted by Gasteiger charge is 2.37. The van der Waals surface area contributed by atoms with Crippen LogP contribution in [0.5, 0.6) is 0 Å². The Labute approximate surface area is 159 Å². The molecule has 2 aromatic carbocycles.